The van der Waals surface area contributed by atoms with Crippen molar-refractivity contribution in [1.82, 2.24) is 9.97 Å². The molecule has 6 heteroatoms. The van der Waals surface area contributed by atoms with Crippen molar-refractivity contribution in [1.29, 1.82) is 0 Å². The van der Waals surface area contributed by atoms with Crippen molar-refractivity contribution >= 4 is 40.7 Å². The lowest BCUT2D eigenvalue weighted by molar-refractivity contribution is 1.06. The number of hydrogen-bond donors (Lipinski definition) is 3. The summed E-state index contributed by atoms with van der Waals surface area (Å²) >= 11 is 8.60. The van der Waals surface area contributed by atoms with Crippen molar-refractivity contribution in [3.8, 4) is 0 Å². The molecule has 0 radical (unpaired) electrons. The van der Waals surface area contributed by atoms with Crippen molar-refractivity contribution < 1.29 is 0 Å². The van der Waals surface area contributed by atoms with Crippen LogP contribution >= 0.6 is 24.8 Å². The molecule has 1 aromatic heterocycles. The van der Waals surface area contributed by atoms with Crippen molar-refractivity contribution in [3.63, 3.8) is 0 Å². The molecule has 4 nitrogen and oxygen atoms in total. The lowest BCUT2D eigenvalue weighted by Gasteiger charge is -2.05. The minimum absolute atomic E-state index is 0.342. The van der Waals surface area contributed by atoms with Gasteiger partial charge in [-0.15, -0.1) is 12.6 Å². The van der Waals surface area contributed by atoms with Crippen LogP contribution in [-0.2, 0) is 0 Å². The Balaban J connectivity index is 2.93. The first kappa shape index (κ1) is 9.21. The third kappa shape index (κ3) is 2.31. The van der Waals surface area contributed by atoms with E-state index in [1.54, 1.807) is 13.1 Å². The van der Waals surface area contributed by atoms with Gasteiger partial charge < -0.3 is 11.1 Å². The zero-order valence-electron chi connectivity index (χ0n) is 6.40. The van der Waals surface area contributed by atoms with E-state index in [1.807, 2.05) is 0 Å². The largest absolute Gasteiger partial charge is 0.382 e. The van der Waals surface area contributed by atoms with Gasteiger partial charge in [0, 0.05) is 0 Å². The number of thiocarbonyl (C=S) groups is 1. The molecule has 0 aliphatic rings. The lowest BCUT2D eigenvalue weighted by atomic mass is 10.4. The maximum atomic E-state index is 5.56. The highest BCUT2D eigenvalue weighted by Crippen LogP contribution is 2.13. The molecule has 64 valence electrons. The molecule has 1 rings (SSSR count). The summed E-state index contributed by atoms with van der Waals surface area (Å²) in [5, 5.41) is 2.75. The third-order valence-corrected chi connectivity index (χ3v) is 1.39. The zero-order valence-corrected chi connectivity index (χ0v) is 8.12. The highest BCUT2D eigenvalue weighted by atomic mass is 32.1. The first-order valence-corrected chi connectivity index (χ1v) is 4.04. The molecule has 12 heavy (non-hydrogen) atoms. The average Bonchev–Trinajstić information content (AvgIpc) is 1.94. The molecule has 0 aliphatic heterocycles. The lowest BCUT2D eigenvalue weighted by Crippen LogP contribution is -2.06. The Bertz CT molecular complexity index is 312. The molecule has 0 saturated heterocycles. The van der Waals surface area contributed by atoms with Crippen LogP contribution in [0.4, 0.5) is 11.5 Å². The van der Waals surface area contributed by atoms with E-state index in [1.165, 1.54) is 0 Å². The fourth-order valence-corrected chi connectivity index (χ4v) is 0.929. The summed E-state index contributed by atoms with van der Waals surface area (Å²) in [6.07, 6.45) is 1.57. The quantitative estimate of drug-likeness (QED) is 0.466. The average molecular weight is 200 g/mol. The summed E-state index contributed by atoms with van der Waals surface area (Å²) in [5.41, 5.74) is 6.15. The zero-order chi connectivity index (χ0) is 9.14. The Hall–Kier alpha value is -0.880. The van der Waals surface area contributed by atoms with Gasteiger partial charge in [0.2, 0.25) is 0 Å². The summed E-state index contributed by atoms with van der Waals surface area (Å²) in [5.74, 6) is 1.00. The van der Waals surface area contributed by atoms with Gasteiger partial charge in [0.15, 0.2) is 5.82 Å². The molecular weight excluding hydrogens is 192 g/mol. The predicted octanol–water partition coefficient (Wildman–Crippen LogP) is 0.994. The first-order valence-electron chi connectivity index (χ1n) is 3.18. The van der Waals surface area contributed by atoms with Crippen LogP contribution in [-0.4, -0.2) is 14.3 Å². The van der Waals surface area contributed by atoms with Crippen LogP contribution in [0.15, 0.2) is 6.20 Å². The highest BCUT2D eigenvalue weighted by molar-refractivity contribution is 8.11. The maximum Gasteiger partial charge on any atom is 0.150 e. The summed E-state index contributed by atoms with van der Waals surface area (Å²) in [4.78, 5) is 7.88. The fourth-order valence-electron chi connectivity index (χ4n) is 0.699. The number of anilines is 2. The van der Waals surface area contributed by atoms with Gasteiger partial charge in [0.25, 0.3) is 0 Å². The third-order valence-electron chi connectivity index (χ3n) is 1.18. The molecular formula is C6H8N4S2. The van der Waals surface area contributed by atoms with E-state index in [0.29, 0.717) is 21.7 Å². The number of nitrogens with two attached hydrogens (primary N) is 1. The molecule has 1 heterocycles. The SMILES string of the molecule is Cc1ncc(NC(=S)S)c(N)n1. The topological polar surface area (TPSA) is 63.8 Å². The van der Waals surface area contributed by atoms with E-state index in [9.17, 15) is 0 Å². The molecule has 0 fully saturated rings. The normalized spacial score (nSPS) is 9.50. The molecule has 0 unspecified atom stereocenters. The minimum atomic E-state index is 0.342. The number of nitrogens with one attached hydrogen (secondary N) is 1. The molecule has 0 spiro atoms. The fraction of sp³-hybridized carbons (Fsp3) is 0.167. The van der Waals surface area contributed by atoms with E-state index in [-0.39, 0.29) is 0 Å². The number of aryl methyl sites for hydroxylation is 1. The number of thiol groups is 1. The van der Waals surface area contributed by atoms with Gasteiger partial charge in [-0.3, -0.25) is 0 Å². The van der Waals surface area contributed by atoms with Crippen LogP contribution in [0.1, 0.15) is 5.82 Å². The van der Waals surface area contributed by atoms with Crippen LogP contribution in [0.5, 0.6) is 0 Å². The Morgan fingerprint density at radius 1 is 1.75 bits per heavy atom. The number of rotatable bonds is 1. The Labute approximate surface area is 81.0 Å². The molecule has 1 aromatic rings. The molecule has 0 aliphatic carbocycles. The van der Waals surface area contributed by atoms with Crippen molar-refractivity contribution in [2.75, 3.05) is 11.1 Å². The van der Waals surface area contributed by atoms with Gasteiger partial charge in [-0.1, -0.05) is 12.2 Å². The smallest absolute Gasteiger partial charge is 0.150 e. The Morgan fingerprint density at radius 3 is 2.92 bits per heavy atom. The summed E-state index contributed by atoms with van der Waals surface area (Å²) in [7, 11) is 0. The Morgan fingerprint density at radius 2 is 2.42 bits per heavy atom. The first-order chi connectivity index (χ1) is 5.59. The highest BCUT2D eigenvalue weighted by Gasteiger charge is 2.00. The van der Waals surface area contributed by atoms with Gasteiger partial charge >= 0.3 is 0 Å². The second-order valence-electron chi connectivity index (χ2n) is 2.15. The summed E-state index contributed by atoms with van der Waals surface area (Å²) in [6.45, 7) is 1.76. The number of nitrogens with zero attached hydrogens (tertiary/aromatic N) is 2. The second-order valence-corrected chi connectivity index (χ2v) is 3.30. The molecule has 0 bridgehead atoms. The van der Waals surface area contributed by atoms with E-state index in [0.717, 1.165) is 0 Å². The van der Waals surface area contributed by atoms with Gasteiger partial charge in [-0.25, -0.2) is 9.97 Å². The number of nitrogen functional groups attached to an aromatic ring is 1. The monoisotopic (exact) mass is 200 g/mol. The molecule has 0 atom stereocenters. The number of hydrogen-bond acceptors (Lipinski definition) is 4. The summed E-state index contributed by atoms with van der Waals surface area (Å²) < 4.78 is 0.342. The standard InChI is InChI=1S/C6H8N4S2/c1-3-8-2-4(5(7)9-3)10-6(11)12/h2H,1H3,(H2,7,8,9)(H2,10,11,12). The van der Waals surface area contributed by atoms with Gasteiger partial charge in [-0.05, 0) is 6.92 Å². The van der Waals surface area contributed by atoms with Crippen molar-refractivity contribution in [2.45, 2.75) is 6.92 Å². The van der Waals surface area contributed by atoms with Crippen LogP contribution in [0.2, 0.25) is 0 Å². The van der Waals surface area contributed by atoms with Crippen LogP contribution < -0.4 is 11.1 Å². The van der Waals surface area contributed by atoms with Crippen molar-refractivity contribution in [2.24, 2.45) is 0 Å². The Kier molecular flexibility index (Phi) is 2.83. The minimum Gasteiger partial charge on any atom is -0.382 e. The van der Waals surface area contributed by atoms with Crippen LogP contribution in [0.25, 0.3) is 0 Å². The van der Waals surface area contributed by atoms with Crippen LogP contribution in [0.3, 0.4) is 0 Å². The van der Waals surface area contributed by atoms with E-state index < -0.39 is 0 Å². The molecule has 0 saturated carbocycles. The molecule has 0 aromatic carbocycles. The van der Waals surface area contributed by atoms with E-state index in [2.05, 4.69) is 27.9 Å². The van der Waals surface area contributed by atoms with Crippen molar-refractivity contribution in [3.05, 3.63) is 12.0 Å². The summed E-state index contributed by atoms with van der Waals surface area (Å²) in [6, 6.07) is 0. The van der Waals surface area contributed by atoms with Gasteiger partial charge in [0.1, 0.15) is 15.8 Å². The molecule has 3 N–H and O–H groups in total. The maximum absolute atomic E-state index is 5.56. The van der Waals surface area contributed by atoms with E-state index >= 15 is 0 Å². The van der Waals surface area contributed by atoms with Gasteiger partial charge in [-0.2, -0.15) is 0 Å². The molecule has 0 amide bonds. The number of aromatic nitrogens is 2. The van der Waals surface area contributed by atoms with Crippen LogP contribution in [0, 0.1) is 6.92 Å². The van der Waals surface area contributed by atoms with Gasteiger partial charge in [0.05, 0.1) is 6.20 Å². The predicted molar refractivity (Wildman–Crippen MR) is 56.4 cm³/mol. The van der Waals surface area contributed by atoms with E-state index in [4.69, 9.17) is 18.0 Å². The second kappa shape index (κ2) is 3.68.